The van der Waals surface area contributed by atoms with Crippen molar-refractivity contribution in [2.45, 2.75) is 33.1 Å². The number of hydrogen-bond acceptors (Lipinski definition) is 3. The highest BCUT2D eigenvalue weighted by Crippen LogP contribution is 2.16. The van der Waals surface area contributed by atoms with Gasteiger partial charge in [-0.3, -0.25) is 4.72 Å². The molecular formula is C15H21NO3S. The lowest BCUT2D eigenvalue weighted by molar-refractivity contribution is 0.305. The first-order chi connectivity index (χ1) is 9.48. The Balaban J connectivity index is 2.80. The molecule has 0 aliphatic heterocycles. The second-order valence-electron chi connectivity index (χ2n) is 4.58. The number of nitrogens with one attached hydrogen (secondary N) is 1. The SMILES string of the molecule is CCCCS(=O)(=O)Nc1ccc(C#CCCO)c(C)c1. The fourth-order valence-corrected chi connectivity index (χ4v) is 2.90. The number of rotatable bonds is 6. The maximum absolute atomic E-state index is 11.8. The van der Waals surface area contributed by atoms with Gasteiger partial charge in [0.05, 0.1) is 12.4 Å². The standard InChI is InChI=1S/C15H21NO3S/c1-3-4-11-20(18,19)16-15-9-8-14(13(2)12-15)7-5-6-10-17/h8-9,12,16-17H,3-4,6,10-11H2,1-2H3. The van der Waals surface area contributed by atoms with Gasteiger partial charge in [0.1, 0.15) is 0 Å². The van der Waals surface area contributed by atoms with Crippen LogP contribution in [0.2, 0.25) is 0 Å². The van der Waals surface area contributed by atoms with Crippen LogP contribution in [-0.4, -0.2) is 25.9 Å². The van der Waals surface area contributed by atoms with Gasteiger partial charge in [-0.15, -0.1) is 0 Å². The van der Waals surface area contributed by atoms with Crippen LogP contribution in [0.4, 0.5) is 5.69 Å². The Bertz CT molecular complexity index is 597. The Labute approximate surface area is 121 Å². The smallest absolute Gasteiger partial charge is 0.232 e. The van der Waals surface area contributed by atoms with Crippen LogP contribution in [0.5, 0.6) is 0 Å². The first-order valence-corrected chi connectivity index (χ1v) is 8.34. The van der Waals surface area contributed by atoms with Crippen LogP contribution in [0.3, 0.4) is 0 Å². The number of sulfonamides is 1. The lowest BCUT2D eigenvalue weighted by Crippen LogP contribution is -2.16. The van der Waals surface area contributed by atoms with E-state index in [2.05, 4.69) is 16.6 Å². The highest BCUT2D eigenvalue weighted by molar-refractivity contribution is 7.92. The predicted molar refractivity (Wildman–Crippen MR) is 82.1 cm³/mol. The summed E-state index contributed by atoms with van der Waals surface area (Å²) in [6.07, 6.45) is 1.93. The lowest BCUT2D eigenvalue weighted by Gasteiger charge is -2.09. The van der Waals surface area contributed by atoms with E-state index in [-0.39, 0.29) is 12.4 Å². The monoisotopic (exact) mass is 295 g/mol. The zero-order valence-corrected chi connectivity index (χ0v) is 12.8. The Hall–Kier alpha value is -1.51. The molecule has 0 saturated heterocycles. The molecule has 0 heterocycles. The zero-order chi connectivity index (χ0) is 15.0. The van der Waals surface area contributed by atoms with Crippen LogP contribution in [0.15, 0.2) is 18.2 Å². The maximum Gasteiger partial charge on any atom is 0.232 e. The second-order valence-corrected chi connectivity index (χ2v) is 6.42. The van der Waals surface area contributed by atoms with E-state index in [9.17, 15) is 8.42 Å². The quantitative estimate of drug-likeness (QED) is 0.791. The fraction of sp³-hybridized carbons (Fsp3) is 0.467. The first kappa shape index (κ1) is 16.5. The normalized spacial score (nSPS) is 10.8. The van der Waals surface area contributed by atoms with Crippen molar-refractivity contribution >= 4 is 15.7 Å². The molecule has 0 amide bonds. The molecule has 1 aromatic rings. The molecule has 0 bridgehead atoms. The van der Waals surface area contributed by atoms with Crippen molar-refractivity contribution in [2.24, 2.45) is 0 Å². The summed E-state index contributed by atoms with van der Waals surface area (Å²) in [6.45, 7) is 3.88. The molecule has 1 aromatic carbocycles. The molecule has 5 heteroatoms. The fourth-order valence-electron chi connectivity index (χ4n) is 1.65. The van der Waals surface area contributed by atoms with Gasteiger partial charge in [0.25, 0.3) is 0 Å². The van der Waals surface area contributed by atoms with Crippen molar-refractivity contribution < 1.29 is 13.5 Å². The number of aryl methyl sites for hydroxylation is 1. The molecule has 0 fully saturated rings. The molecule has 1 rings (SSSR count). The van der Waals surface area contributed by atoms with Gasteiger partial charge < -0.3 is 5.11 Å². The molecule has 0 atom stereocenters. The summed E-state index contributed by atoms with van der Waals surface area (Å²) in [5, 5.41) is 8.68. The van der Waals surface area contributed by atoms with E-state index in [1.807, 2.05) is 13.8 Å². The first-order valence-electron chi connectivity index (χ1n) is 6.69. The average Bonchev–Trinajstić information content (AvgIpc) is 2.39. The second kappa shape index (κ2) is 7.93. The van der Waals surface area contributed by atoms with E-state index in [1.165, 1.54) is 0 Å². The summed E-state index contributed by atoms with van der Waals surface area (Å²) < 4.78 is 26.2. The molecule has 0 unspecified atom stereocenters. The van der Waals surface area contributed by atoms with Gasteiger partial charge in [0.2, 0.25) is 10.0 Å². The zero-order valence-electron chi connectivity index (χ0n) is 11.9. The van der Waals surface area contributed by atoms with Crippen molar-refractivity contribution in [3.05, 3.63) is 29.3 Å². The molecular weight excluding hydrogens is 274 g/mol. The minimum Gasteiger partial charge on any atom is -0.395 e. The van der Waals surface area contributed by atoms with Crippen LogP contribution in [0.1, 0.15) is 37.3 Å². The molecule has 0 aliphatic carbocycles. The number of unbranched alkanes of at least 4 members (excludes halogenated alkanes) is 1. The van der Waals surface area contributed by atoms with Gasteiger partial charge in [0.15, 0.2) is 0 Å². The van der Waals surface area contributed by atoms with Gasteiger partial charge in [-0.2, -0.15) is 0 Å². The summed E-state index contributed by atoms with van der Waals surface area (Å²) in [4.78, 5) is 0. The van der Waals surface area contributed by atoms with Crippen molar-refractivity contribution in [1.29, 1.82) is 0 Å². The molecule has 0 aliphatic rings. The Kier molecular flexibility index (Phi) is 6.56. The molecule has 0 aromatic heterocycles. The minimum atomic E-state index is -3.27. The molecule has 0 saturated carbocycles. The highest BCUT2D eigenvalue weighted by atomic mass is 32.2. The number of benzene rings is 1. The summed E-state index contributed by atoms with van der Waals surface area (Å²) in [6, 6.07) is 5.27. The van der Waals surface area contributed by atoms with Gasteiger partial charge >= 0.3 is 0 Å². The molecule has 0 radical (unpaired) electrons. The molecule has 110 valence electrons. The Morgan fingerprint density at radius 3 is 2.70 bits per heavy atom. The van der Waals surface area contributed by atoms with E-state index in [0.29, 0.717) is 18.5 Å². The van der Waals surface area contributed by atoms with Crippen molar-refractivity contribution in [3.63, 3.8) is 0 Å². The highest BCUT2D eigenvalue weighted by Gasteiger charge is 2.09. The lowest BCUT2D eigenvalue weighted by atomic mass is 10.1. The molecule has 0 spiro atoms. The third-order valence-electron chi connectivity index (χ3n) is 2.73. The predicted octanol–water partition coefficient (Wildman–Crippen LogP) is 2.27. The average molecular weight is 295 g/mol. The summed E-state index contributed by atoms with van der Waals surface area (Å²) in [5.74, 6) is 5.94. The summed E-state index contributed by atoms with van der Waals surface area (Å²) in [5.41, 5.74) is 2.31. The number of anilines is 1. The molecule has 4 nitrogen and oxygen atoms in total. The van der Waals surface area contributed by atoms with Crippen molar-refractivity contribution in [2.75, 3.05) is 17.1 Å². The van der Waals surface area contributed by atoms with E-state index in [0.717, 1.165) is 17.5 Å². The maximum atomic E-state index is 11.8. The van der Waals surface area contributed by atoms with Crippen molar-refractivity contribution in [3.8, 4) is 11.8 Å². The topological polar surface area (TPSA) is 66.4 Å². The number of aliphatic hydroxyl groups excluding tert-OH is 1. The van der Waals surface area contributed by atoms with Gasteiger partial charge in [-0.1, -0.05) is 25.2 Å². The van der Waals surface area contributed by atoms with Crippen LogP contribution in [-0.2, 0) is 10.0 Å². The number of aliphatic hydroxyl groups is 1. The van der Waals surface area contributed by atoms with E-state index in [4.69, 9.17) is 5.11 Å². The van der Waals surface area contributed by atoms with E-state index >= 15 is 0 Å². The molecule has 2 N–H and O–H groups in total. The molecule has 20 heavy (non-hydrogen) atoms. The van der Waals surface area contributed by atoms with Crippen LogP contribution >= 0.6 is 0 Å². The van der Waals surface area contributed by atoms with Gasteiger partial charge in [-0.05, 0) is 37.1 Å². The summed E-state index contributed by atoms with van der Waals surface area (Å²) >= 11 is 0. The number of hydrogen-bond donors (Lipinski definition) is 2. The van der Waals surface area contributed by atoms with Crippen LogP contribution in [0, 0.1) is 18.8 Å². The third kappa shape index (κ3) is 5.64. The van der Waals surface area contributed by atoms with Gasteiger partial charge in [-0.25, -0.2) is 8.42 Å². The third-order valence-corrected chi connectivity index (χ3v) is 4.10. The van der Waals surface area contributed by atoms with E-state index in [1.54, 1.807) is 18.2 Å². The largest absolute Gasteiger partial charge is 0.395 e. The Morgan fingerprint density at radius 1 is 1.35 bits per heavy atom. The van der Waals surface area contributed by atoms with Crippen molar-refractivity contribution in [1.82, 2.24) is 0 Å². The van der Waals surface area contributed by atoms with Gasteiger partial charge in [0, 0.05) is 17.7 Å². The van der Waals surface area contributed by atoms with Crippen LogP contribution in [0.25, 0.3) is 0 Å². The van der Waals surface area contributed by atoms with Crippen LogP contribution < -0.4 is 4.72 Å². The summed E-state index contributed by atoms with van der Waals surface area (Å²) in [7, 11) is -3.27. The van der Waals surface area contributed by atoms with E-state index < -0.39 is 10.0 Å². The minimum absolute atomic E-state index is 0.0430. The Morgan fingerprint density at radius 2 is 2.10 bits per heavy atom.